The Bertz CT molecular complexity index is 525. The first-order chi connectivity index (χ1) is 10.1. The van der Waals surface area contributed by atoms with E-state index in [4.69, 9.17) is 4.74 Å². The van der Waals surface area contributed by atoms with Crippen LogP contribution in [0.4, 0.5) is 0 Å². The lowest BCUT2D eigenvalue weighted by Gasteiger charge is -2.34. The third kappa shape index (κ3) is 2.48. The highest BCUT2D eigenvalue weighted by atomic mass is 16.5. The van der Waals surface area contributed by atoms with E-state index < -0.39 is 11.4 Å². The summed E-state index contributed by atoms with van der Waals surface area (Å²) in [5.41, 5.74) is 1.72. The molecular weight excluding hydrogens is 264 g/mol. The van der Waals surface area contributed by atoms with E-state index in [2.05, 4.69) is 12.1 Å². The lowest BCUT2D eigenvalue weighted by atomic mass is 9.69. The van der Waals surface area contributed by atoms with Gasteiger partial charge < -0.3 is 9.84 Å². The van der Waals surface area contributed by atoms with Gasteiger partial charge >= 0.3 is 5.97 Å². The predicted octanol–water partition coefficient (Wildman–Crippen LogP) is 3.65. The van der Waals surface area contributed by atoms with Crippen LogP contribution in [0.25, 0.3) is 0 Å². The summed E-state index contributed by atoms with van der Waals surface area (Å²) in [6.07, 6.45) is 7.00. The lowest BCUT2D eigenvalue weighted by molar-refractivity contribution is -0.145. The molecule has 3 rings (SSSR count). The molecule has 0 aromatic heterocycles. The molecule has 3 nitrogen and oxygen atoms in total. The Kier molecular flexibility index (Phi) is 3.78. The van der Waals surface area contributed by atoms with Gasteiger partial charge in [0.1, 0.15) is 0 Å². The summed E-state index contributed by atoms with van der Waals surface area (Å²) in [7, 11) is 1.74. The Balaban J connectivity index is 1.96. The molecular formula is C18H24O3. The van der Waals surface area contributed by atoms with Gasteiger partial charge in [-0.25, -0.2) is 0 Å². The number of benzene rings is 1. The van der Waals surface area contributed by atoms with Crippen LogP contribution in [-0.2, 0) is 20.4 Å². The summed E-state index contributed by atoms with van der Waals surface area (Å²) in [5.74, 6) is -0.657. The Morgan fingerprint density at radius 2 is 1.81 bits per heavy atom. The fraction of sp³-hybridized carbons (Fsp3) is 0.611. The molecule has 1 aromatic rings. The predicted molar refractivity (Wildman–Crippen MR) is 81.6 cm³/mol. The molecule has 0 atom stereocenters. The quantitative estimate of drug-likeness (QED) is 0.899. The van der Waals surface area contributed by atoms with Gasteiger partial charge in [-0.15, -0.1) is 0 Å². The fourth-order valence-corrected chi connectivity index (χ4v) is 3.87. The van der Waals surface area contributed by atoms with E-state index in [9.17, 15) is 9.90 Å². The SMILES string of the molecule is COCC1(c2cccc(C3(C(=O)O)CCCCC3)c2)CC1. The van der Waals surface area contributed by atoms with Gasteiger partial charge in [0.2, 0.25) is 0 Å². The Morgan fingerprint density at radius 3 is 2.38 bits per heavy atom. The van der Waals surface area contributed by atoms with Crippen molar-refractivity contribution in [3.63, 3.8) is 0 Å². The minimum atomic E-state index is -0.669. The summed E-state index contributed by atoms with van der Waals surface area (Å²) in [5, 5.41) is 9.83. The molecule has 0 unspecified atom stereocenters. The maximum Gasteiger partial charge on any atom is 0.314 e. The molecule has 114 valence electrons. The van der Waals surface area contributed by atoms with Crippen molar-refractivity contribution in [2.45, 2.75) is 55.8 Å². The largest absolute Gasteiger partial charge is 0.481 e. The molecule has 0 heterocycles. The van der Waals surface area contributed by atoms with Gasteiger partial charge in [-0.2, -0.15) is 0 Å². The summed E-state index contributed by atoms with van der Waals surface area (Å²) in [6.45, 7) is 0.733. The van der Waals surface area contributed by atoms with Crippen LogP contribution < -0.4 is 0 Å². The number of rotatable bonds is 5. The van der Waals surface area contributed by atoms with Gasteiger partial charge in [0, 0.05) is 12.5 Å². The van der Waals surface area contributed by atoms with E-state index in [1.807, 2.05) is 12.1 Å². The average Bonchev–Trinajstić information content (AvgIpc) is 3.29. The molecule has 0 amide bonds. The molecule has 2 saturated carbocycles. The van der Waals surface area contributed by atoms with Crippen LogP contribution in [0.15, 0.2) is 24.3 Å². The van der Waals surface area contributed by atoms with Gasteiger partial charge in [0.25, 0.3) is 0 Å². The number of carboxylic acids is 1. The van der Waals surface area contributed by atoms with Gasteiger partial charge in [0.05, 0.1) is 12.0 Å². The smallest absolute Gasteiger partial charge is 0.314 e. The highest BCUT2D eigenvalue weighted by Crippen LogP contribution is 2.49. The van der Waals surface area contributed by atoms with E-state index in [0.717, 1.165) is 57.1 Å². The van der Waals surface area contributed by atoms with Crippen molar-refractivity contribution >= 4 is 5.97 Å². The van der Waals surface area contributed by atoms with Crippen molar-refractivity contribution in [2.75, 3.05) is 13.7 Å². The van der Waals surface area contributed by atoms with Crippen LogP contribution in [0, 0.1) is 0 Å². The van der Waals surface area contributed by atoms with Crippen molar-refractivity contribution in [3.8, 4) is 0 Å². The average molecular weight is 288 g/mol. The second-order valence-corrected chi connectivity index (χ2v) is 6.74. The number of carboxylic acid groups (broad SMARTS) is 1. The highest BCUT2D eigenvalue weighted by Gasteiger charge is 2.46. The van der Waals surface area contributed by atoms with Crippen molar-refractivity contribution in [2.24, 2.45) is 0 Å². The van der Waals surface area contributed by atoms with Crippen LogP contribution in [0.5, 0.6) is 0 Å². The molecule has 21 heavy (non-hydrogen) atoms. The van der Waals surface area contributed by atoms with Crippen molar-refractivity contribution in [3.05, 3.63) is 35.4 Å². The zero-order valence-electron chi connectivity index (χ0n) is 12.7. The van der Waals surface area contributed by atoms with Crippen molar-refractivity contribution < 1.29 is 14.6 Å². The third-order valence-corrected chi connectivity index (χ3v) is 5.42. The van der Waals surface area contributed by atoms with Crippen LogP contribution in [0.3, 0.4) is 0 Å². The van der Waals surface area contributed by atoms with Crippen molar-refractivity contribution in [1.29, 1.82) is 0 Å². The first-order valence-corrected chi connectivity index (χ1v) is 7.96. The molecule has 1 N–H and O–H groups in total. The second-order valence-electron chi connectivity index (χ2n) is 6.74. The molecule has 2 aliphatic carbocycles. The van der Waals surface area contributed by atoms with Crippen LogP contribution in [0.1, 0.15) is 56.1 Å². The summed E-state index contributed by atoms with van der Waals surface area (Å²) < 4.78 is 5.37. The maximum absolute atomic E-state index is 12.0. The first-order valence-electron chi connectivity index (χ1n) is 7.96. The zero-order valence-corrected chi connectivity index (χ0v) is 12.7. The molecule has 0 saturated heterocycles. The summed E-state index contributed by atoms with van der Waals surface area (Å²) >= 11 is 0. The zero-order chi connectivity index (χ0) is 14.9. The number of hydrogen-bond acceptors (Lipinski definition) is 2. The number of methoxy groups -OCH3 is 1. The van der Waals surface area contributed by atoms with Crippen molar-refractivity contribution in [1.82, 2.24) is 0 Å². The standard InChI is InChI=1S/C18H24O3/c1-21-13-17(10-11-17)14-6-5-7-15(12-14)18(16(19)20)8-3-2-4-9-18/h5-7,12H,2-4,8-11,13H2,1H3,(H,19,20). The number of ether oxygens (including phenoxy) is 1. The van der Waals surface area contributed by atoms with Crippen LogP contribution >= 0.6 is 0 Å². The molecule has 0 bridgehead atoms. The maximum atomic E-state index is 12.0. The highest BCUT2D eigenvalue weighted by molar-refractivity contribution is 5.81. The van der Waals surface area contributed by atoms with Gasteiger partial charge in [0.15, 0.2) is 0 Å². The molecule has 0 aliphatic heterocycles. The minimum Gasteiger partial charge on any atom is -0.481 e. The Hall–Kier alpha value is -1.35. The molecule has 3 heteroatoms. The van der Waals surface area contributed by atoms with Crippen LogP contribution in [0.2, 0.25) is 0 Å². The summed E-state index contributed by atoms with van der Waals surface area (Å²) in [6, 6.07) is 8.31. The normalized spacial score (nSPS) is 22.7. The van der Waals surface area contributed by atoms with E-state index in [0.29, 0.717) is 0 Å². The summed E-state index contributed by atoms with van der Waals surface area (Å²) in [4.78, 5) is 12.0. The topological polar surface area (TPSA) is 46.5 Å². The number of aliphatic carboxylic acids is 1. The van der Waals surface area contributed by atoms with Gasteiger partial charge in [-0.1, -0.05) is 43.5 Å². The van der Waals surface area contributed by atoms with Gasteiger partial charge in [-0.05, 0) is 36.8 Å². The third-order valence-electron chi connectivity index (χ3n) is 5.42. The molecule has 1 aromatic carbocycles. The molecule has 2 fully saturated rings. The van der Waals surface area contributed by atoms with E-state index in [1.54, 1.807) is 7.11 Å². The van der Waals surface area contributed by atoms with Crippen LogP contribution in [-0.4, -0.2) is 24.8 Å². The molecule has 2 aliphatic rings. The number of carbonyl (C=O) groups is 1. The second kappa shape index (κ2) is 5.45. The molecule has 0 spiro atoms. The first kappa shape index (κ1) is 14.6. The Labute approximate surface area is 126 Å². The van der Waals surface area contributed by atoms with E-state index in [-0.39, 0.29) is 5.41 Å². The fourth-order valence-electron chi connectivity index (χ4n) is 3.87. The Morgan fingerprint density at radius 1 is 1.14 bits per heavy atom. The monoisotopic (exact) mass is 288 g/mol. The van der Waals surface area contributed by atoms with Gasteiger partial charge in [-0.3, -0.25) is 4.79 Å². The van der Waals surface area contributed by atoms with E-state index >= 15 is 0 Å². The number of hydrogen-bond donors (Lipinski definition) is 1. The minimum absolute atomic E-state index is 0.138. The lowest BCUT2D eigenvalue weighted by Crippen LogP contribution is -2.38. The molecule has 0 radical (unpaired) electrons. The van der Waals surface area contributed by atoms with E-state index in [1.165, 1.54) is 5.56 Å².